The van der Waals surface area contributed by atoms with Gasteiger partial charge in [0.1, 0.15) is 5.00 Å². The Morgan fingerprint density at radius 2 is 1.50 bits per heavy atom. The van der Waals surface area contributed by atoms with Gasteiger partial charge in [0.25, 0.3) is 0 Å². The molecule has 1 aromatic heterocycles. The monoisotopic (exact) mass is 393 g/mol. The molecule has 144 valence electrons. The van der Waals surface area contributed by atoms with Crippen LogP contribution in [0.25, 0.3) is 0 Å². The highest BCUT2D eigenvalue weighted by Crippen LogP contribution is 2.35. The predicted octanol–water partition coefficient (Wildman–Crippen LogP) is 5.31. The Hall–Kier alpha value is -2.92. The van der Waals surface area contributed by atoms with E-state index in [1.54, 1.807) is 6.92 Å². The summed E-state index contributed by atoms with van der Waals surface area (Å²) in [5, 5.41) is 3.52. The van der Waals surface area contributed by atoms with Crippen molar-refractivity contribution in [1.29, 1.82) is 0 Å². The molecule has 0 spiro atoms. The van der Waals surface area contributed by atoms with E-state index in [-0.39, 0.29) is 12.5 Å². The minimum atomic E-state index is -0.472. The molecule has 0 saturated heterocycles. The second-order valence-corrected chi connectivity index (χ2v) is 7.68. The van der Waals surface area contributed by atoms with Crippen LogP contribution in [0.15, 0.2) is 60.7 Å². The van der Waals surface area contributed by atoms with Crippen molar-refractivity contribution in [2.75, 3.05) is 11.9 Å². The maximum absolute atomic E-state index is 13.3. The lowest BCUT2D eigenvalue weighted by molar-refractivity contribution is -0.116. The molecule has 0 atom stereocenters. The first-order valence-electron chi connectivity index (χ1n) is 9.20. The van der Waals surface area contributed by atoms with Gasteiger partial charge in [-0.25, -0.2) is 4.79 Å². The normalized spacial score (nSPS) is 10.7. The summed E-state index contributed by atoms with van der Waals surface area (Å²) in [4.78, 5) is 26.7. The van der Waals surface area contributed by atoms with Gasteiger partial charge in [-0.2, -0.15) is 0 Å². The van der Waals surface area contributed by atoms with E-state index >= 15 is 0 Å². The lowest BCUT2D eigenvalue weighted by Gasteiger charge is -2.18. The third-order valence-electron chi connectivity index (χ3n) is 4.63. The zero-order chi connectivity index (χ0) is 20.1. The molecule has 28 heavy (non-hydrogen) atoms. The van der Waals surface area contributed by atoms with Crippen molar-refractivity contribution in [3.05, 3.63) is 87.8 Å². The van der Waals surface area contributed by atoms with Gasteiger partial charge < -0.3 is 10.1 Å². The van der Waals surface area contributed by atoms with Crippen LogP contribution >= 0.6 is 11.3 Å². The van der Waals surface area contributed by atoms with Gasteiger partial charge in [0.15, 0.2) is 0 Å². The summed E-state index contributed by atoms with van der Waals surface area (Å²) >= 11 is 1.40. The van der Waals surface area contributed by atoms with E-state index in [1.165, 1.54) is 11.3 Å². The van der Waals surface area contributed by atoms with Gasteiger partial charge in [-0.05, 0) is 37.5 Å². The Balaban J connectivity index is 1.98. The van der Waals surface area contributed by atoms with Gasteiger partial charge >= 0.3 is 5.97 Å². The smallest absolute Gasteiger partial charge is 0.341 e. The van der Waals surface area contributed by atoms with Crippen molar-refractivity contribution in [2.45, 2.75) is 26.7 Å². The summed E-state index contributed by atoms with van der Waals surface area (Å²) in [7, 11) is 0. The molecule has 0 aliphatic carbocycles. The molecule has 0 aliphatic heterocycles. The number of anilines is 1. The number of benzene rings is 2. The van der Waals surface area contributed by atoms with Crippen molar-refractivity contribution < 1.29 is 14.3 Å². The van der Waals surface area contributed by atoms with Gasteiger partial charge in [0.2, 0.25) is 5.91 Å². The lowest BCUT2D eigenvalue weighted by Crippen LogP contribution is -2.23. The zero-order valence-electron chi connectivity index (χ0n) is 16.2. The highest BCUT2D eigenvalue weighted by atomic mass is 32.1. The Morgan fingerprint density at radius 3 is 2.00 bits per heavy atom. The summed E-state index contributed by atoms with van der Waals surface area (Å²) in [5.41, 5.74) is 3.08. The summed E-state index contributed by atoms with van der Waals surface area (Å²) in [6.07, 6.45) is 0. The molecule has 4 nitrogen and oxygen atoms in total. The minimum Gasteiger partial charge on any atom is -0.462 e. The van der Waals surface area contributed by atoms with Crippen LogP contribution in [-0.4, -0.2) is 18.5 Å². The molecular formula is C23H23NO3S. The van der Waals surface area contributed by atoms with E-state index < -0.39 is 11.9 Å². The first kappa shape index (κ1) is 19.8. The third kappa shape index (κ3) is 4.15. The van der Waals surface area contributed by atoms with Crippen molar-refractivity contribution in [3.8, 4) is 0 Å². The van der Waals surface area contributed by atoms with Crippen LogP contribution in [0.2, 0.25) is 0 Å². The second-order valence-electron chi connectivity index (χ2n) is 6.45. The standard InChI is InChI=1S/C23H23NO3S/c1-4-27-23(26)19-15(2)16(3)28-22(19)24-21(25)20(17-11-7-5-8-12-17)18-13-9-6-10-14-18/h5-14,20H,4H2,1-3H3,(H,24,25). The molecular weight excluding hydrogens is 370 g/mol. The van der Waals surface area contributed by atoms with Crippen LogP contribution in [-0.2, 0) is 9.53 Å². The number of amides is 1. The average molecular weight is 394 g/mol. The number of nitrogens with one attached hydrogen (secondary N) is 1. The molecule has 0 bridgehead atoms. The van der Waals surface area contributed by atoms with Crippen LogP contribution in [0.4, 0.5) is 5.00 Å². The lowest BCUT2D eigenvalue weighted by atomic mass is 9.90. The molecule has 1 N–H and O–H groups in total. The van der Waals surface area contributed by atoms with E-state index in [0.717, 1.165) is 21.6 Å². The number of esters is 1. The third-order valence-corrected chi connectivity index (χ3v) is 5.75. The predicted molar refractivity (Wildman–Crippen MR) is 113 cm³/mol. The number of carbonyl (C=O) groups excluding carboxylic acids is 2. The Morgan fingerprint density at radius 1 is 0.964 bits per heavy atom. The van der Waals surface area contributed by atoms with Crippen LogP contribution < -0.4 is 5.32 Å². The first-order chi connectivity index (χ1) is 13.5. The highest BCUT2D eigenvalue weighted by molar-refractivity contribution is 7.16. The maximum atomic E-state index is 13.3. The molecule has 3 rings (SSSR count). The van der Waals surface area contributed by atoms with E-state index in [1.807, 2.05) is 74.5 Å². The Bertz CT molecular complexity index is 925. The minimum absolute atomic E-state index is 0.177. The fourth-order valence-corrected chi connectivity index (χ4v) is 4.19. The number of hydrogen-bond donors (Lipinski definition) is 1. The second kappa shape index (κ2) is 8.85. The van der Waals surface area contributed by atoms with Crippen molar-refractivity contribution in [1.82, 2.24) is 0 Å². The van der Waals surface area contributed by atoms with Crippen LogP contribution in [0.3, 0.4) is 0 Å². The van der Waals surface area contributed by atoms with Crippen LogP contribution in [0.5, 0.6) is 0 Å². The molecule has 0 fully saturated rings. The topological polar surface area (TPSA) is 55.4 Å². The van der Waals surface area contributed by atoms with Gasteiger partial charge in [-0.15, -0.1) is 11.3 Å². The average Bonchev–Trinajstić information content (AvgIpc) is 2.97. The van der Waals surface area contributed by atoms with Gasteiger partial charge in [0, 0.05) is 4.88 Å². The van der Waals surface area contributed by atoms with Crippen LogP contribution in [0, 0.1) is 13.8 Å². The molecule has 5 heteroatoms. The van der Waals surface area contributed by atoms with E-state index in [0.29, 0.717) is 10.6 Å². The van der Waals surface area contributed by atoms with E-state index in [2.05, 4.69) is 5.32 Å². The quantitative estimate of drug-likeness (QED) is 0.577. The summed E-state index contributed by atoms with van der Waals surface area (Å²) in [6, 6.07) is 19.3. The SMILES string of the molecule is CCOC(=O)c1c(NC(=O)C(c2ccccc2)c2ccccc2)sc(C)c1C. The number of hydrogen-bond acceptors (Lipinski definition) is 4. The van der Waals surface area contributed by atoms with Gasteiger partial charge in [0.05, 0.1) is 18.1 Å². The fourth-order valence-electron chi connectivity index (χ4n) is 3.13. The van der Waals surface area contributed by atoms with Gasteiger partial charge in [-0.1, -0.05) is 60.7 Å². The van der Waals surface area contributed by atoms with Crippen LogP contribution in [0.1, 0.15) is 44.8 Å². The molecule has 0 aliphatic rings. The largest absolute Gasteiger partial charge is 0.462 e. The molecule has 1 heterocycles. The number of rotatable bonds is 6. The molecule has 0 unspecified atom stereocenters. The number of thiophene rings is 1. The van der Waals surface area contributed by atoms with Crippen molar-refractivity contribution in [3.63, 3.8) is 0 Å². The summed E-state index contributed by atoms with van der Waals surface area (Å²) in [6.45, 7) is 5.87. The maximum Gasteiger partial charge on any atom is 0.341 e. The summed E-state index contributed by atoms with van der Waals surface area (Å²) in [5.74, 6) is -1.06. The number of carbonyl (C=O) groups is 2. The Kier molecular flexibility index (Phi) is 6.26. The molecule has 1 amide bonds. The molecule has 0 saturated carbocycles. The first-order valence-corrected chi connectivity index (χ1v) is 10.0. The molecule has 3 aromatic rings. The number of aryl methyl sites for hydroxylation is 1. The van der Waals surface area contributed by atoms with Crippen molar-refractivity contribution in [2.24, 2.45) is 0 Å². The van der Waals surface area contributed by atoms with E-state index in [9.17, 15) is 9.59 Å². The Labute approximate surface area is 169 Å². The van der Waals surface area contributed by atoms with Gasteiger partial charge in [-0.3, -0.25) is 4.79 Å². The van der Waals surface area contributed by atoms with Crippen molar-refractivity contribution >= 4 is 28.2 Å². The summed E-state index contributed by atoms with van der Waals surface area (Å²) < 4.78 is 5.19. The van der Waals surface area contributed by atoms with E-state index in [4.69, 9.17) is 4.74 Å². The highest BCUT2D eigenvalue weighted by Gasteiger charge is 2.27. The molecule has 0 radical (unpaired) electrons. The molecule has 2 aromatic carbocycles. The fraction of sp³-hybridized carbons (Fsp3) is 0.217. The zero-order valence-corrected chi connectivity index (χ0v) is 17.0. The number of ether oxygens (including phenoxy) is 1.